The number of nitrogens with two attached hydrogens (primary N) is 1. The van der Waals surface area contributed by atoms with Gasteiger partial charge in [0.25, 0.3) is 0 Å². The van der Waals surface area contributed by atoms with Gasteiger partial charge in [-0.3, -0.25) is 0 Å². The number of aromatic hydroxyl groups is 1. The number of primary sulfonamides is 1. The van der Waals surface area contributed by atoms with Gasteiger partial charge in [-0.05, 0) is 43.2 Å². The average molecular weight is 417 g/mol. The summed E-state index contributed by atoms with van der Waals surface area (Å²) in [5.74, 6) is 0.452. The summed E-state index contributed by atoms with van der Waals surface area (Å²) in [4.78, 5) is 0.00462. The van der Waals surface area contributed by atoms with Crippen LogP contribution in [0, 0.1) is 6.92 Å². The monoisotopic (exact) mass is 416 g/mol. The minimum Gasteiger partial charge on any atom is -0.504 e. The van der Waals surface area contributed by atoms with Crippen molar-refractivity contribution < 1.29 is 23.4 Å². The highest BCUT2D eigenvalue weighted by molar-refractivity contribution is 7.89. The Morgan fingerprint density at radius 3 is 2.52 bits per heavy atom. The molecule has 0 aromatic heterocycles. The predicted octanol–water partition coefficient (Wildman–Crippen LogP) is 1.86. The first-order valence-corrected chi connectivity index (χ1v) is 9.68. The lowest BCUT2D eigenvalue weighted by molar-refractivity contribution is 0.163. The van der Waals surface area contributed by atoms with E-state index in [1.165, 1.54) is 12.1 Å². The molecule has 0 heterocycles. The second-order valence-electron chi connectivity index (χ2n) is 6.17. The Morgan fingerprint density at radius 2 is 1.89 bits per heavy atom. The molecule has 2 aromatic rings. The third kappa shape index (κ3) is 6.67. The summed E-state index contributed by atoms with van der Waals surface area (Å²) in [6.45, 7) is 4.02. The van der Waals surface area contributed by atoms with Crippen LogP contribution in [-0.2, 0) is 10.0 Å². The molecule has 150 valence electrons. The Kier molecular flexibility index (Phi) is 8.52. The molecular weight excluding hydrogens is 392 g/mol. The second-order valence-corrected chi connectivity index (χ2v) is 7.70. The zero-order chi connectivity index (χ0) is 19.3. The number of para-hydroxylation sites is 2. The van der Waals surface area contributed by atoms with Crippen LogP contribution < -0.4 is 15.2 Å². The summed E-state index contributed by atoms with van der Waals surface area (Å²) in [6, 6.07) is 11.2. The summed E-state index contributed by atoms with van der Waals surface area (Å²) in [5.41, 5.74) is 0.988. The Hall–Kier alpha value is -1.84. The van der Waals surface area contributed by atoms with Crippen molar-refractivity contribution in [1.82, 2.24) is 5.32 Å². The summed E-state index contributed by atoms with van der Waals surface area (Å²) in [5, 5.41) is 28.3. The number of hydrogen-bond donors (Lipinski definition) is 4. The van der Waals surface area contributed by atoms with Crippen LogP contribution in [0.5, 0.6) is 11.5 Å². The van der Waals surface area contributed by atoms with E-state index in [1.54, 1.807) is 37.3 Å². The molecule has 0 fully saturated rings. The van der Waals surface area contributed by atoms with Crippen molar-refractivity contribution in [2.45, 2.75) is 30.9 Å². The third-order valence-corrected chi connectivity index (χ3v) is 4.97. The maximum atomic E-state index is 11.6. The van der Waals surface area contributed by atoms with Gasteiger partial charge in [-0.2, -0.15) is 0 Å². The quantitative estimate of drug-likeness (QED) is 0.521. The van der Waals surface area contributed by atoms with Gasteiger partial charge in [0.15, 0.2) is 11.5 Å². The zero-order valence-electron chi connectivity index (χ0n) is 15.1. The molecule has 0 saturated carbocycles. The van der Waals surface area contributed by atoms with Gasteiger partial charge in [0.05, 0.1) is 11.0 Å². The molecule has 2 rings (SSSR count). The second kappa shape index (κ2) is 9.91. The third-order valence-electron chi connectivity index (χ3n) is 3.92. The van der Waals surface area contributed by atoms with Crippen LogP contribution in [0.4, 0.5) is 0 Å². The lowest BCUT2D eigenvalue weighted by Crippen LogP contribution is -2.35. The van der Waals surface area contributed by atoms with Crippen molar-refractivity contribution >= 4 is 22.4 Å². The Labute approximate surface area is 165 Å². The van der Waals surface area contributed by atoms with Crippen LogP contribution in [0.15, 0.2) is 47.4 Å². The fourth-order valence-electron chi connectivity index (χ4n) is 2.41. The summed E-state index contributed by atoms with van der Waals surface area (Å²) < 4.78 is 28.7. The van der Waals surface area contributed by atoms with Crippen molar-refractivity contribution in [1.29, 1.82) is 0 Å². The largest absolute Gasteiger partial charge is 0.504 e. The molecule has 0 radical (unpaired) electrons. The van der Waals surface area contributed by atoms with Crippen molar-refractivity contribution in [2.24, 2.45) is 5.14 Å². The van der Waals surface area contributed by atoms with Crippen molar-refractivity contribution in [3.05, 3.63) is 53.6 Å². The van der Waals surface area contributed by atoms with E-state index in [4.69, 9.17) is 9.88 Å². The first-order valence-electron chi connectivity index (χ1n) is 8.14. The molecule has 2 aromatic carbocycles. The van der Waals surface area contributed by atoms with Crippen LogP contribution in [0.3, 0.4) is 0 Å². The van der Waals surface area contributed by atoms with E-state index in [0.29, 0.717) is 23.5 Å². The fraction of sp³-hybridized carbons (Fsp3) is 0.333. The molecule has 0 aliphatic rings. The summed E-state index contributed by atoms with van der Waals surface area (Å²) in [6.07, 6.45) is -0.899. The van der Waals surface area contributed by atoms with Crippen molar-refractivity contribution in [2.75, 3.05) is 13.2 Å². The molecule has 7 nitrogen and oxygen atoms in total. The van der Waals surface area contributed by atoms with Gasteiger partial charge >= 0.3 is 0 Å². The lowest BCUT2D eigenvalue weighted by Gasteiger charge is -2.19. The number of phenolic OH excluding ortho intramolecular Hbond substituents is 1. The standard InChI is InChI=1S/C18H24N2O5S.ClH/c1-12-7-8-14(9-18(12)26(19,23)24)16(22)10-20-13(2)11-25-17-6-4-3-5-15(17)21;/h3-9,13,16,20-22H,10-11H2,1-2H3,(H2,19,23,24);1H. The molecule has 0 amide bonds. The fourth-order valence-corrected chi connectivity index (χ4v) is 3.23. The number of phenols is 1. The number of aliphatic hydroxyl groups is 1. The molecule has 5 N–H and O–H groups in total. The highest BCUT2D eigenvalue weighted by Gasteiger charge is 2.16. The van der Waals surface area contributed by atoms with Crippen LogP contribution >= 0.6 is 12.4 Å². The van der Waals surface area contributed by atoms with Gasteiger partial charge in [0.1, 0.15) is 6.61 Å². The lowest BCUT2D eigenvalue weighted by atomic mass is 10.1. The Balaban J connectivity index is 0.00000364. The number of aliphatic hydroxyl groups excluding tert-OH is 1. The molecule has 27 heavy (non-hydrogen) atoms. The highest BCUT2D eigenvalue weighted by Crippen LogP contribution is 2.24. The Bertz CT molecular complexity index is 861. The van der Waals surface area contributed by atoms with E-state index in [-0.39, 0.29) is 35.6 Å². The van der Waals surface area contributed by atoms with Crippen molar-refractivity contribution in [3.63, 3.8) is 0 Å². The minimum absolute atomic E-state index is 0. The average Bonchev–Trinajstić information content (AvgIpc) is 2.58. The predicted molar refractivity (Wildman–Crippen MR) is 106 cm³/mol. The summed E-state index contributed by atoms with van der Waals surface area (Å²) in [7, 11) is -3.84. The molecule has 2 unspecified atom stereocenters. The molecule has 0 saturated heterocycles. The van der Waals surface area contributed by atoms with Crippen LogP contribution in [0.2, 0.25) is 0 Å². The van der Waals surface area contributed by atoms with Gasteiger partial charge < -0.3 is 20.3 Å². The van der Waals surface area contributed by atoms with Gasteiger partial charge in [0, 0.05) is 12.6 Å². The maximum absolute atomic E-state index is 11.6. The number of rotatable bonds is 8. The van der Waals surface area contributed by atoms with E-state index in [0.717, 1.165) is 0 Å². The molecular formula is C18H25ClN2O5S. The topological polar surface area (TPSA) is 122 Å². The SMILES string of the molecule is Cc1ccc(C(O)CNC(C)COc2ccccc2O)cc1S(N)(=O)=O.Cl. The van der Waals surface area contributed by atoms with Gasteiger partial charge in [-0.15, -0.1) is 12.4 Å². The number of hydrogen-bond acceptors (Lipinski definition) is 6. The van der Waals surface area contributed by atoms with Gasteiger partial charge in [-0.25, -0.2) is 13.6 Å². The molecule has 0 aliphatic carbocycles. The molecule has 0 bridgehead atoms. The highest BCUT2D eigenvalue weighted by atomic mass is 35.5. The Morgan fingerprint density at radius 1 is 1.22 bits per heavy atom. The minimum atomic E-state index is -3.84. The number of ether oxygens (including phenoxy) is 1. The normalized spacial score (nSPS) is 13.5. The van der Waals surface area contributed by atoms with Crippen LogP contribution in [0.25, 0.3) is 0 Å². The van der Waals surface area contributed by atoms with E-state index in [2.05, 4.69) is 5.32 Å². The number of nitrogens with one attached hydrogen (secondary N) is 1. The van der Waals surface area contributed by atoms with E-state index < -0.39 is 16.1 Å². The summed E-state index contributed by atoms with van der Waals surface area (Å²) >= 11 is 0. The van der Waals surface area contributed by atoms with Gasteiger partial charge in [0.2, 0.25) is 10.0 Å². The first kappa shape index (κ1) is 23.2. The smallest absolute Gasteiger partial charge is 0.238 e. The van der Waals surface area contributed by atoms with Gasteiger partial charge in [-0.1, -0.05) is 24.3 Å². The van der Waals surface area contributed by atoms with Crippen LogP contribution in [0.1, 0.15) is 24.2 Å². The van der Waals surface area contributed by atoms with Crippen LogP contribution in [-0.4, -0.2) is 37.8 Å². The molecule has 9 heteroatoms. The van der Waals surface area contributed by atoms with Crippen molar-refractivity contribution in [3.8, 4) is 11.5 Å². The molecule has 2 atom stereocenters. The number of halogens is 1. The van der Waals surface area contributed by atoms with E-state index >= 15 is 0 Å². The molecule has 0 aliphatic heterocycles. The first-order chi connectivity index (χ1) is 12.2. The number of benzene rings is 2. The number of sulfonamides is 1. The number of aryl methyl sites for hydroxylation is 1. The molecule has 0 spiro atoms. The van der Waals surface area contributed by atoms with E-state index in [1.807, 2.05) is 6.92 Å². The maximum Gasteiger partial charge on any atom is 0.238 e. The van der Waals surface area contributed by atoms with E-state index in [9.17, 15) is 18.6 Å². The zero-order valence-corrected chi connectivity index (χ0v) is 16.8.